The second kappa shape index (κ2) is 5.48. The average molecular weight is 224 g/mol. The SMILES string of the molecule is Cc1oc(CN)cc1CN1CCCOCC1. The molecule has 0 aliphatic carbocycles. The van der Waals surface area contributed by atoms with Gasteiger partial charge >= 0.3 is 0 Å². The van der Waals surface area contributed by atoms with Crippen molar-refractivity contribution in [2.75, 3.05) is 26.3 Å². The molecule has 16 heavy (non-hydrogen) atoms. The minimum atomic E-state index is 0.476. The molecule has 0 atom stereocenters. The van der Waals surface area contributed by atoms with Crippen LogP contribution in [0.4, 0.5) is 0 Å². The smallest absolute Gasteiger partial charge is 0.118 e. The normalized spacial score (nSPS) is 18.6. The first-order chi connectivity index (χ1) is 7.79. The van der Waals surface area contributed by atoms with Gasteiger partial charge in [0.25, 0.3) is 0 Å². The number of hydrogen-bond acceptors (Lipinski definition) is 4. The van der Waals surface area contributed by atoms with E-state index in [0.29, 0.717) is 6.54 Å². The minimum absolute atomic E-state index is 0.476. The van der Waals surface area contributed by atoms with Crippen LogP contribution in [0.1, 0.15) is 23.5 Å². The summed E-state index contributed by atoms with van der Waals surface area (Å²) in [5.74, 6) is 1.86. The molecule has 0 saturated carbocycles. The van der Waals surface area contributed by atoms with Gasteiger partial charge in [0.2, 0.25) is 0 Å². The zero-order chi connectivity index (χ0) is 11.4. The van der Waals surface area contributed by atoms with Crippen molar-refractivity contribution >= 4 is 0 Å². The van der Waals surface area contributed by atoms with Crippen LogP contribution in [0.5, 0.6) is 0 Å². The van der Waals surface area contributed by atoms with Gasteiger partial charge in [-0.05, 0) is 19.4 Å². The van der Waals surface area contributed by atoms with Gasteiger partial charge in [-0.3, -0.25) is 4.90 Å². The van der Waals surface area contributed by atoms with Crippen molar-refractivity contribution in [3.8, 4) is 0 Å². The lowest BCUT2D eigenvalue weighted by Gasteiger charge is -2.18. The topological polar surface area (TPSA) is 51.6 Å². The van der Waals surface area contributed by atoms with Gasteiger partial charge in [0.05, 0.1) is 13.2 Å². The molecule has 0 radical (unpaired) electrons. The fourth-order valence-corrected chi connectivity index (χ4v) is 2.04. The summed E-state index contributed by atoms with van der Waals surface area (Å²) < 4.78 is 11.0. The molecule has 90 valence electrons. The summed E-state index contributed by atoms with van der Waals surface area (Å²) >= 11 is 0. The van der Waals surface area contributed by atoms with E-state index in [4.69, 9.17) is 14.9 Å². The van der Waals surface area contributed by atoms with Crippen LogP contribution in [0.15, 0.2) is 10.5 Å². The van der Waals surface area contributed by atoms with Crippen molar-refractivity contribution in [1.29, 1.82) is 0 Å². The number of ether oxygens (including phenoxy) is 1. The van der Waals surface area contributed by atoms with Crippen LogP contribution < -0.4 is 5.73 Å². The molecule has 1 saturated heterocycles. The molecule has 1 aromatic rings. The summed E-state index contributed by atoms with van der Waals surface area (Å²) in [6, 6.07) is 2.07. The van der Waals surface area contributed by atoms with Crippen molar-refractivity contribution in [2.45, 2.75) is 26.4 Å². The number of furan rings is 1. The van der Waals surface area contributed by atoms with E-state index in [1.807, 2.05) is 6.92 Å². The predicted octanol–water partition coefficient (Wildman–Crippen LogP) is 1.27. The summed E-state index contributed by atoms with van der Waals surface area (Å²) in [5.41, 5.74) is 6.82. The van der Waals surface area contributed by atoms with Crippen LogP contribution in [0.2, 0.25) is 0 Å². The van der Waals surface area contributed by atoms with E-state index < -0.39 is 0 Å². The Labute approximate surface area is 96.4 Å². The highest BCUT2D eigenvalue weighted by molar-refractivity contribution is 5.20. The van der Waals surface area contributed by atoms with Crippen LogP contribution in [0, 0.1) is 6.92 Å². The fourth-order valence-electron chi connectivity index (χ4n) is 2.04. The fraction of sp³-hybridized carbons (Fsp3) is 0.667. The zero-order valence-electron chi connectivity index (χ0n) is 9.87. The van der Waals surface area contributed by atoms with E-state index in [-0.39, 0.29) is 0 Å². The maximum atomic E-state index is 5.56. The van der Waals surface area contributed by atoms with E-state index in [9.17, 15) is 0 Å². The van der Waals surface area contributed by atoms with Crippen LogP contribution in [-0.4, -0.2) is 31.2 Å². The van der Waals surface area contributed by atoms with Gasteiger partial charge in [-0.1, -0.05) is 0 Å². The molecule has 0 bridgehead atoms. The Kier molecular flexibility index (Phi) is 3.98. The Hall–Kier alpha value is -0.840. The highest BCUT2D eigenvalue weighted by Gasteiger charge is 2.13. The first-order valence-corrected chi connectivity index (χ1v) is 5.88. The van der Waals surface area contributed by atoms with Gasteiger partial charge in [0.15, 0.2) is 0 Å². The lowest BCUT2D eigenvalue weighted by Crippen LogP contribution is -2.25. The standard InChI is InChI=1S/C12H20N2O2/c1-10-11(7-12(8-13)16-10)9-14-3-2-5-15-6-4-14/h7H,2-6,8-9,13H2,1H3. The van der Waals surface area contributed by atoms with Gasteiger partial charge in [0.1, 0.15) is 11.5 Å². The van der Waals surface area contributed by atoms with E-state index in [1.165, 1.54) is 5.56 Å². The number of nitrogens with two attached hydrogens (primary N) is 1. The highest BCUT2D eigenvalue weighted by atomic mass is 16.5. The van der Waals surface area contributed by atoms with Gasteiger partial charge in [-0.2, -0.15) is 0 Å². The maximum absolute atomic E-state index is 5.56. The van der Waals surface area contributed by atoms with Crippen molar-refractivity contribution in [1.82, 2.24) is 4.90 Å². The largest absolute Gasteiger partial charge is 0.465 e. The van der Waals surface area contributed by atoms with E-state index >= 15 is 0 Å². The lowest BCUT2D eigenvalue weighted by atomic mass is 10.2. The molecule has 1 aliphatic heterocycles. The summed E-state index contributed by atoms with van der Waals surface area (Å²) in [6.07, 6.45) is 1.11. The Morgan fingerprint density at radius 3 is 3.00 bits per heavy atom. The van der Waals surface area contributed by atoms with Crippen molar-refractivity contribution in [3.63, 3.8) is 0 Å². The summed E-state index contributed by atoms with van der Waals surface area (Å²) in [5, 5.41) is 0. The molecule has 2 heterocycles. The third-order valence-electron chi connectivity index (χ3n) is 2.98. The lowest BCUT2D eigenvalue weighted by molar-refractivity contribution is 0.140. The first kappa shape index (κ1) is 11.6. The molecule has 1 fully saturated rings. The van der Waals surface area contributed by atoms with Crippen molar-refractivity contribution < 1.29 is 9.15 Å². The summed E-state index contributed by atoms with van der Waals surface area (Å²) in [6.45, 7) is 7.24. The molecule has 1 aromatic heterocycles. The Morgan fingerprint density at radius 1 is 1.38 bits per heavy atom. The Balaban J connectivity index is 1.98. The molecule has 2 rings (SSSR count). The number of aryl methyl sites for hydroxylation is 1. The third-order valence-corrected chi connectivity index (χ3v) is 2.98. The van der Waals surface area contributed by atoms with Gasteiger partial charge in [-0.15, -0.1) is 0 Å². The van der Waals surface area contributed by atoms with Gasteiger partial charge in [-0.25, -0.2) is 0 Å². The van der Waals surface area contributed by atoms with Gasteiger partial charge in [0, 0.05) is 31.8 Å². The second-order valence-corrected chi connectivity index (χ2v) is 4.24. The quantitative estimate of drug-likeness (QED) is 0.840. The molecule has 0 aromatic carbocycles. The Bertz CT molecular complexity index is 328. The predicted molar refractivity (Wildman–Crippen MR) is 62.0 cm³/mol. The summed E-state index contributed by atoms with van der Waals surface area (Å²) in [4.78, 5) is 2.41. The molecule has 4 heteroatoms. The van der Waals surface area contributed by atoms with Gasteiger partial charge < -0.3 is 14.9 Å². The highest BCUT2D eigenvalue weighted by Crippen LogP contribution is 2.17. The van der Waals surface area contributed by atoms with Crippen molar-refractivity contribution in [2.24, 2.45) is 5.73 Å². The van der Waals surface area contributed by atoms with Crippen LogP contribution in [0.3, 0.4) is 0 Å². The van der Waals surface area contributed by atoms with E-state index in [2.05, 4.69) is 11.0 Å². The molecule has 0 amide bonds. The van der Waals surface area contributed by atoms with Crippen LogP contribution in [0.25, 0.3) is 0 Å². The molecule has 0 spiro atoms. The number of hydrogen-bond donors (Lipinski definition) is 1. The van der Waals surface area contributed by atoms with E-state index in [1.54, 1.807) is 0 Å². The monoisotopic (exact) mass is 224 g/mol. The number of rotatable bonds is 3. The van der Waals surface area contributed by atoms with Crippen LogP contribution in [-0.2, 0) is 17.8 Å². The molecule has 4 nitrogen and oxygen atoms in total. The first-order valence-electron chi connectivity index (χ1n) is 5.88. The Morgan fingerprint density at radius 2 is 2.25 bits per heavy atom. The molecular weight excluding hydrogens is 204 g/mol. The second-order valence-electron chi connectivity index (χ2n) is 4.24. The zero-order valence-corrected chi connectivity index (χ0v) is 9.87. The molecule has 0 unspecified atom stereocenters. The average Bonchev–Trinajstić information content (AvgIpc) is 2.51. The third kappa shape index (κ3) is 2.84. The molecule has 1 aliphatic rings. The van der Waals surface area contributed by atoms with Crippen molar-refractivity contribution in [3.05, 3.63) is 23.2 Å². The maximum Gasteiger partial charge on any atom is 0.118 e. The van der Waals surface area contributed by atoms with E-state index in [0.717, 1.165) is 50.8 Å². The molecular formula is C12H20N2O2. The minimum Gasteiger partial charge on any atom is -0.465 e. The number of nitrogens with zero attached hydrogens (tertiary/aromatic N) is 1. The van der Waals surface area contributed by atoms with Crippen LogP contribution >= 0.6 is 0 Å². The molecule has 2 N–H and O–H groups in total. The summed E-state index contributed by atoms with van der Waals surface area (Å²) in [7, 11) is 0.